The predicted octanol–water partition coefficient (Wildman–Crippen LogP) is 0.325. The highest BCUT2D eigenvalue weighted by molar-refractivity contribution is 7.89. The number of oxime groups is 1. The third-order valence-electron chi connectivity index (χ3n) is 2.90. The summed E-state index contributed by atoms with van der Waals surface area (Å²) in [4.78, 5) is 0. The Kier molecular flexibility index (Phi) is 4.24. The van der Waals surface area contributed by atoms with Crippen LogP contribution in [-0.2, 0) is 16.6 Å². The molecule has 8 nitrogen and oxygen atoms in total. The van der Waals surface area contributed by atoms with Crippen LogP contribution >= 0.6 is 0 Å². The van der Waals surface area contributed by atoms with E-state index >= 15 is 0 Å². The number of amidine groups is 1. The van der Waals surface area contributed by atoms with Gasteiger partial charge < -0.3 is 10.9 Å². The molecular weight excluding hydrogens is 294 g/mol. The Morgan fingerprint density at radius 3 is 2.86 bits per heavy atom. The molecule has 0 aliphatic rings. The number of nitrogens with one attached hydrogen (secondary N) is 1. The topological polar surface area (TPSA) is 125 Å². The van der Waals surface area contributed by atoms with Crippen LogP contribution in [0.4, 0.5) is 0 Å². The van der Waals surface area contributed by atoms with Crippen LogP contribution in [0, 0.1) is 0 Å². The Bertz CT molecular complexity index is 740. The smallest absolute Gasteiger partial charge is 0.260 e. The zero-order chi connectivity index (χ0) is 15.5. The van der Waals surface area contributed by atoms with Gasteiger partial charge in [-0.25, -0.2) is 8.42 Å². The van der Waals surface area contributed by atoms with Crippen molar-refractivity contribution >= 4 is 15.9 Å². The second-order valence-electron chi connectivity index (χ2n) is 4.37. The molecule has 1 aromatic heterocycles. The summed E-state index contributed by atoms with van der Waals surface area (Å²) in [6.45, 7) is 0.147. The monoisotopic (exact) mass is 309 g/mol. The highest BCUT2D eigenvalue weighted by Gasteiger charge is 2.22. The number of nitrogens with zero attached hydrogens (tertiary/aromatic N) is 3. The number of hydrogen-bond donors (Lipinski definition) is 3. The summed E-state index contributed by atoms with van der Waals surface area (Å²) in [6.07, 6.45) is 1.37. The number of hydrogen-bond acceptors (Lipinski definition) is 5. The largest absolute Gasteiger partial charge is 0.409 e. The Morgan fingerprint density at radius 2 is 2.24 bits per heavy atom. The molecule has 0 bridgehead atoms. The molecule has 1 heterocycles. The van der Waals surface area contributed by atoms with Gasteiger partial charge in [0.25, 0.3) is 10.0 Å². The second-order valence-corrected chi connectivity index (χ2v) is 6.38. The molecule has 2 aromatic rings. The van der Waals surface area contributed by atoms with Crippen LogP contribution in [0.15, 0.2) is 46.7 Å². The van der Waals surface area contributed by atoms with Crippen LogP contribution < -0.4 is 5.73 Å². The zero-order valence-corrected chi connectivity index (χ0v) is 12.1. The molecule has 0 unspecified atom stereocenters. The lowest BCUT2D eigenvalue weighted by atomic mass is 10.1. The van der Waals surface area contributed by atoms with Crippen molar-refractivity contribution in [2.75, 3.05) is 7.05 Å². The molecule has 9 heteroatoms. The quantitative estimate of drug-likeness (QED) is 0.317. The molecule has 0 radical (unpaired) electrons. The first kappa shape index (κ1) is 15.0. The van der Waals surface area contributed by atoms with E-state index < -0.39 is 10.0 Å². The van der Waals surface area contributed by atoms with Crippen molar-refractivity contribution in [2.24, 2.45) is 10.9 Å². The fourth-order valence-corrected chi connectivity index (χ4v) is 2.84. The van der Waals surface area contributed by atoms with Crippen molar-refractivity contribution in [1.29, 1.82) is 0 Å². The van der Waals surface area contributed by atoms with Gasteiger partial charge in [-0.1, -0.05) is 23.4 Å². The number of rotatable bonds is 5. The van der Waals surface area contributed by atoms with Crippen molar-refractivity contribution in [3.05, 3.63) is 47.7 Å². The Balaban J connectivity index is 2.22. The predicted molar refractivity (Wildman–Crippen MR) is 76.2 cm³/mol. The molecule has 2 rings (SSSR count). The molecule has 0 aliphatic heterocycles. The third-order valence-corrected chi connectivity index (χ3v) is 4.63. The SMILES string of the molecule is CN(Cc1cccc(/C(N)=N/O)c1)S(=O)(=O)c1ccn[nH]1. The maximum atomic E-state index is 12.2. The van der Waals surface area contributed by atoms with Gasteiger partial charge in [0.2, 0.25) is 0 Å². The molecule has 112 valence electrons. The van der Waals surface area contributed by atoms with Gasteiger partial charge in [-0.15, -0.1) is 0 Å². The number of sulfonamides is 1. The molecule has 1 aromatic carbocycles. The van der Waals surface area contributed by atoms with Gasteiger partial charge in [-0.05, 0) is 17.7 Å². The number of H-pyrrole nitrogens is 1. The van der Waals surface area contributed by atoms with E-state index in [9.17, 15) is 8.42 Å². The van der Waals surface area contributed by atoms with Gasteiger partial charge >= 0.3 is 0 Å². The number of nitrogens with two attached hydrogens (primary N) is 1. The van der Waals surface area contributed by atoms with Gasteiger partial charge in [0.05, 0.1) is 6.20 Å². The maximum absolute atomic E-state index is 12.2. The van der Waals surface area contributed by atoms with Crippen LogP contribution in [0.25, 0.3) is 0 Å². The minimum Gasteiger partial charge on any atom is -0.409 e. The fourth-order valence-electron chi connectivity index (χ4n) is 1.78. The zero-order valence-electron chi connectivity index (χ0n) is 11.3. The fraction of sp³-hybridized carbons (Fsp3) is 0.167. The van der Waals surface area contributed by atoms with Crippen molar-refractivity contribution in [2.45, 2.75) is 11.6 Å². The summed E-state index contributed by atoms with van der Waals surface area (Å²) >= 11 is 0. The summed E-state index contributed by atoms with van der Waals surface area (Å²) in [5.41, 5.74) is 6.74. The molecule has 0 saturated carbocycles. The minimum absolute atomic E-state index is 0.0255. The van der Waals surface area contributed by atoms with Crippen LogP contribution in [0.1, 0.15) is 11.1 Å². The normalized spacial score (nSPS) is 12.8. The van der Waals surface area contributed by atoms with Gasteiger partial charge in [-0.3, -0.25) is 5.10 Å². The lowest BCUT2D eigenvalue weighted by molar-refractivity contribution is 0.318. The lowest BCUT2D eigenvalue weighted by Gasteiger charge is -2.16. The van der Waals surface area contributed by atoms with Crippen molar-refractivity contribution in [3.63, 3.8) is 0 Å². The number of aromatic nitrogens is 2. The lowest BCUT2D eigenvalue weighted by Crippen LogP contribution is -2.27. The summed E-state index contributed by atoms with van der Waals surface area (Å²) in [7, 11) is -2.16. The van der Waals surface area contributed by atoms with Gasteiger partial charge in [0.1, 0.15) is 0 Å². The first-order chi connectivity index (χ1) is 9.95. The first-order valence-corrected chi connectivity index (χ1v) is 7.41. The van der Waals surface area contributed by atoms with Crippen molar-refractivity contribution in [1.82, 2.24) is 14.5 Å². The summed E-state index contributed by atoms with van der Waals surface area (Å²) in [5, 5.41) is 17.7. The van der Waals surface area contributed by atoms with E-state index in [2.05, 4.69) is 15.4 Å². The molecular formula is C12H15N5O3S. The van der Waals surface area contributed by atoms with Gasteiger partial charge in [0, 0.05) is 19.2 Å². The van der Waals surface area contributed by atoms with Gasteiger partial charge in [0.15, 0.2) is 10.9 Å². The Morgan fingerprint density at radius 1 is 1.48 bits per heavy atom. The van der Waals surface area contributed by atoms with Crippen LogP contribution in [0.5, 0.6) is 0 Å². The number of aromatic amines is 1. The van der Waals surface area contributed by atoms with Crippen LogP contribution in [0.2, 0.25) is 0 Å². The van der Waals surface area contributed by atoms with Crippen molar-refractivity contribution < 1.29 is 13.6 Å². The van der Waals surface area contributed by atoms with E-state index in [0.717, 1.165) is 0 Å². The van der Waals surface area contributed by atoms with Crippen molar-refractivity contribution in [3.8, 4) is 0 Å². The molecule has 0 atom stereocenters. The maximum Gasteiger partial charge on any atom is 0.260 e. The molecule has 4 N–H and O–H groups in total. The molecule has 0 aliphatic carbocycles. The molecule has 0 saturated heterocycles. The van der Waals surface area contributed by atoms with E-state index in [-0.39, 0.29) is 17.4 Å². The Hall–Kier alpha value is -2.39. The van der Waals surface area contributed by atoms with E-state index in [1.807, 2.05) is 0 Å². The van der Waals surface area contributed by atoms with Crippen LogP contribution in [0.3, 0.4) is 0 Å². The minimum atomic E-state index is -3.63. The summed E-state index contributed by atoms with van der Waals surface area (Å²) in [6, 6.07) is 8.18. The molecule has 0 amide bonds. The second kappa shape index (κ2) is 5.94. The highest BCUT2D eigenvalue weighted by Crippen LogP contribution is 2.15. The first-order valence-electron chi connectivity index (χ1n) is 5.97. The van der Waals surface area contributed by atoms with E-state index in [0.29, 0.717) is 11.1 Å². The third kappa shape index (κ3) is 3.20. The van der Waals surface area contributed by atoms with Crippen LogP contribution in [-0.4, -0.2) is 41.0 Å². The van der Waals surface area contributed by atoms with Gasteiger partial charge in [-0.2, -0.15) is 9.40 Å². The van der Waals surface area contributed by atoms with E-state index in [1.54, 1.807) is 24.3 Å². The van der Waals surface area contributed by atoms with E-state index in [1.165, 1.54) is 23.6 Å². The molecule has 0 spiro atoms. The highest BCUT2D eigenvalue weighted by atomic mass is 32.2. The Labute approximate surface area is 121 Å². The number of benzene rings is 1. The summed E-state index contributed by atoms with van der Waals surface area (Å²) < 4.78 is 25.7. The van der Waals surface area contributed by atoms with E-state index in [4.69, 9.17) is 10.9 Å². The standard InChI is InChI=1S/C12H15N5O3S/c1-17(21(19,20)11-5-6-14-15-11)8-9-3-2-4-10(7-9)12(13)16-18/h2-7,18H,8H2,1H3,(H2,13,16)(H,14,15). The average Bonchev–Trinajstić information content (AvgIpc) is 3.01. The summed E-state index contributed by atoms with van der Waals surface area (Å²) in [5.74, 6) is -0.0315. The molecule has 21 heavy (non-hydrogen) atoms. The molecule has 0 fully saturated rings. The average molecular weight is 309 g/mol.